The van der Waals surface area contributed by atoms with E-state index in [1.807, 2.05) is 44.2 Å². The van der Waals surface area contributed by atoms with E-state index in [0.29, 0.717) is 46.7 Å². The quantitative estimate of drug-likeness (QED) is 0.502. The van der Waals surface area contributed by atoms with Crippen molar-refractivity contribution in [2.45, 2.75) is 27.0 Å². The summed E-state index contributed by atoms with van der Waals surface area (Å²) in [6.45, 7) is 5.21. The lowest BCUT2D eigenvalue weighted by Gasteiger charge is -2.14. The molecule has 1 aliphatic heterocycles. The van der Waals surface area contributed by atoms with Gasteiger partial charge in [-0.3, -0.25) is 4.79 Å². The van der Waals surface area contributed by atoms with Gasteiger partial charge in [0.05, 0.1) is 6.61 Å². The van der Waals surface area contributed by atoms with Crippen molar-refractivity contribution < 1.29 is 23.7 Å². The molecule has 4 rings (SSSR count). The molecule has 0 aliphatic carbocycles. The van der Waals surface area contributed by atoms with Crippen molar-refractivity contribution in [3.05, 3.63) is 81.9 Å². The van der Waals surface area contributed by atoms with Crippen molar-refractivity contribution in [2.75, 3.05) is 13.4 Å². The Kier molecular flexibility index (Phi) is 6.71. The molecule has 7 heteroatoms. The standard InChI is InChI=1S/C25H24ClNO5/c1-3-29-22-9-5-18(12-19(22)14-30-20-6-7-21(26)16(2)10-20)25(28)27-13-17-4-8-23-24(11-17)32-15-31-23/h4-12H,3,13-15H2,1-2H3,(H,27,28). The number of hydrogen-bond donors (Lipinski definition) is 1. The second kappa shape index (κ2) is 9.83. The Morgan fingerprint density at radius 2 is 1.88 bits per heavy atom. The Balaban J connectivity index is 1.44. The van der Waals surface area contributed by atoms with Crippen LogP contribution in [0.4, 0.5) is 0 Å². The van der Waals surface area contributed by atoms with E-state index in [-0.39, 0.29) is 19.3 Å². The summed E-state index contributed by atoms with van der Waals surface area (Å²) in [5.41, 5.74) is 3.18. The van der Waals surface area contributed by atoms with Crippen molar-refractivity contribution in [3.63, 3.8) is 0 Å². The van der Waals surface area contributed by atoms with Gasteiger partial charge in [-0.05, 0) is 73.5 Å². The zero-order valence-electron chi connectivity index (χ0n) is 17.9. The van der Waals surface area contributed by atoms with Crippen LogP contribution in [0.2, 0.25) is 5.02 Å². The number of carbonyl (C=O) groups excluding carboxylic acids is 1. The number of ether oxygens (including phenoxy) is 4. The van der Waals surface area contributed by atoms with Gasteiger partial charge in [0.1, 0.15) is 18.1 Å². The molecule has 0 saturated carbocycles. The molecule has 0 bridgehead atoms. The van der Waals surface area contributed by atoms with Crippen LogP contribution in [0.3, 0.4) is 0 Å². The van der Waals surface area contributed by atoms with Gasteiger partial charge in [-0.25, -0.2) is 0 Å². The minimum atomic E-state index is -0.186. The first-order chi connectivity index (χ1) is 15.5. The summed E-state index contributed by atoms with van der Waals surface area (Å²) in [6, 6.07) is 16.4. The number of carbonyl (C=O) groups is 1. The number of fused-ring (bicyclic) bond motifs is 1. The number of rotatable bonds is 8. The average molecular weight is 454 g/mol. The number of halogens is 1. The first-order valence-electron chi connectivity index (χ1n) is 10.3. The van der Waals surface area contributed by atoms with Crippen LogP contribution in [0.15, 0.2) is 54.6 Å². The maximum atomic E-state index is 12.8. The highest BCUT2D eigenvalue weighted by Gasteiger charge is 2.15. The van der Waals surface area contributed by atoms with Crippen molar-refractivity contribution >= 4 is 17.5 Å². The summed E-state index contributed by atoms with van der Waals surface area (Å²) in [5, 5.41) is 3.63. The van der Waals surface area contributed by atoms with Crippen LogP contribution in [0.5, 0.6) is 23.0 Å². The molecule has 3 aromatic rings. The molecule has 0 unspecified atom stereocenters. The van der Waals surface area contributed by atoms with E-state index >= 15 is 0 Å². The second-order valence-electron chi connectivity index (χ2n) is 7.33. The Morgan fingerprint density at radius 1 is 1.03 bits per heavy atom. The summed E-state index contributed by atoms with van der Waals surface area (Å²) in [5.74, 6) is 2.61. The van der Waals surface area contributed by atoms with Crippen LogP contribution in [0, 0.1) is 6.92 Å². The van der Waals surface area contributed by atoms with E-state index in [1.165, 1.54) is 0 Å². The molecule has 0 aromatic heterocycles. The first kappa shape index (κ1) is 21.8. The molecule has 1 aliphatic rings. The molecule has 166 valence electrons. The summed E-state index contributed by atoms with van der Waals surface area (Å²) >= 11 is 6.09. The van der Waals surface area contributed by atoms with E-state index in [9.17, 15) is 4.79 Å². The van der Waals surface area contributed by atoms with E-state index in [4.69, 9.17) is 30.5 Å². The molecule has 1 amide bonds. The predicted molar refractivity (Wildman–Crippen MR) is 122 cm³/mol. The van der Waals surface area contributed by atoms with Gasteiger partial charge < -0.3 is 24.3 Å². The van der Waals surface area contributed by atoms with Gasteiger partial charge in [0.2, 0.25) is 6.79 Å². The molecule has 0 atom stereocenters. The fourth-order valence-electron chi connectivity index (χ4n) is 3.33. The van der Waals surface area contributed by atoms with Crippen LogP contribution >= 0.6 is 11.6 Å². The van der Waals surface area contributed by atoms with Gasteiger partial charge in [0.15, 0.2) is 11.5 Å². The van der Waals surface area contributed by atoms with Gasteiger partial charge >= 0.3 is 0 Å². The highest BCUT2D eigenvalue weighted by molar-refractivity contribution is 6.31. The van der Waals surface area contributed by atoms with E-state index < -0.39 is 0 Å². The lowest BCUT2D eigenvalue weighted by atomic mass is 10.1. The predicted octanol–water partition coefficient (Wildman–Crippen LogP) is 5.28. The van der Waals surface area contributed by atoms with Gasteiger partial charge in [0.25, 0.3) is 5.91 Å². The smallest absolute Gasteiger partial charge is 0.251 e. The fraction of sp³-hybridized carbons (Fsp3) is 0.240. The van der Waals surface area contributed by atoms with Gasteiger partial charge in [0, 0.05) is 22.7 Å². The molecule has 6 nitrogen and oxygen atoms in total. The molecule has 1 heterocycles. The van der Waals surface area contributed by atoms with E-state index in [2.05, 4.69) is 5.32 Å². The van der Waals surface area contributed by atoms with E-state index in [0.717, 1.165) is 16.7 Å². The minimum Gasteiger partial charge on any atom is -0.493 e. The summed E-state index contributed by atoms with van der Waals surface area (Å²) in [6.07, 6.45) is 0. The Bertz CT molecular complexity index is 1130. The molecule has 0 radical (unpaired) electrons. The lowest BCUT2D eigenvalue weighted by Crippen LogP contribution is -2.23. The van der Waals surface area contributed by atoms with Crippen LogP contribution < -0.4 is 24.3 Å². The third-order valence-corrected chi connectivity index (χ3v) is 5.46. The van der Waals surface area contributed by atoms with Crippen LogP contribution in [0.1, 0.15) is 34.0 Å². The van der Waals surface area contributed by atoms with Gasteiger partial charge in [-0.15, -0.1) is 0 Å². The highest BCUT2D eigenvalue weighted by atomic mass is 35.5. The zero-order valence-corrected chi connectivity index (χ0v) is 18.7. The SMILES string of the molecule is CCOc1ccc(C(=O)NCc2ccc3c(c2)OCO3)cc1COc1ccc(Cl)c(C)c1. The van der Waals surface area contributed by atoms with Crippen LogP contribution in [-0.4, -0.2) is 19.3 Å². The van der Waals surface area contributed by atoms with Crippen molar-refractivity contribution in [1.82, 2.24) is 5.32 Å². The largest absolute Gasteiger partial charge is 0.493 e. The molecule has 3 aromatic carbocycles. The Morgan fingerprint density at radius 3 is 2.69 bits per heavy atom. The first-order valence-corrected chi connectivity index (χ1v) is 10.7. The van der Waals surface area contributed by atoms with Gasteiger partial charge in [-0.1, -0.05) is 17.7 Å². The Hall–Kier alpha value is -3.38. The van der Waals surface area contributed by atoms with Crippen molar-refractivity contribution in [1.29, 1.82) is 0 Å². The van der Waals surface area contributed by atoms with Gasteiger partial charge in [-0.2, -0.15) is 0 Å². The molecular weight excluding hydrogens is 430 g/mol. The monoisotopic (exact) mass is 453 g/mol. The topological polar surface area (TPSA) is 66.0 Å². The Labute approximate surface area is 192 Å². The summed E-state index contributed by atoms with van der Waals surface area (Å²) < 4.78 is 22.4. The summed E-state index contributed by atoms with van der Waals surface area (Å²) in [7, 11) is 0. The maximum Gasteiger partial charge on any atom is 0.251 e. The van der Waals surface area contributed by atoms with Crippen molar-refractivity contribution in [2.24, 2.45) is 0 Å². The number of aryl methyl sites for hydroxylation is 1. The zero-order chi connectivity index (χ0) is 22.5. The normalized spacial score (nSPS) is 11.8. The number of nitrogens with one attached hydrogen (secondary N) is 1. The molecule has 32 heavy (non-hydrogen) atoms. The molecule has 0 saturated heterocycles. The third-order valence-electron chi connectivity index (χ3n) is 5.04. The number of hydrogen-bond acceptors (Lipinski definition) is 5. The summed E-state index contributed by atoms with van der Waals surface area (Å²) in [4.78, 5) is 12.8. The lowest BCUT2D eigenvalue weighted by molar-refractivity contribution is 0.0950. The molecule has 0 spiro atoms. The molecular formula is C25H24ClNO5. The highest BCUT2D eigenvalue weighted by Crippen LogP contribution is 2.32. The average Bonchev–Trinajstić information content (AvgIpc) is 3.27. The van der Waals surface area contributed by atoms with Crippen LogP contribution in [-0.2, 0) is 13.2 Å². The maximum absolute atomic E-state index is 12.8. The number of amides is 1. The van der Waals surface area contributed by atoms with Crippen molar-refractivity contribution in [3.8, 4) is 23.0 Å². The number of benzene rings is 3. The minimum absolute atomic E-state index is 0.186. The van der Waals surface area contributed by atoms with Crippen LogP contribution in [0.25, 0.3) is 0 Å². The molecule has 0 fully saturated rings. The third kappa shape index (κ3) is 5.08. The second-order valence-corrected chi connectivity index (χ2v) is 7.73. The molecule has 1 N–H and O–H groups in total. The fourth-order valence-corrected chi connectivity index (χ4v) is 3.45. The van der Waals surface area contributed by atoms with E-state index in [1.54, 1.807) is 24.3 Å².